The van der Waals surface area contributed by atoms with E-state index in [2.05, 4.69) is 20.8 Å². The maximum atomic E-state index is 14.3. The molecule has 7 nitrogen and oxygen atoms in total. The van der Waals surface area contributed by atoms with Crippen LogP contribution in [0.5, 0.6) is 0 Å². The topological polar surface area (TPSA) is 82.1 Å². The van der Waals surface area contributed by atoms with Crippen molar-refractivity contribution < 1.29 is 28.6 Å². The third-order valence-electron chi connectivity index (χ3n) is 10.0. The number of esters is 3. The summed E-state index contributed by atoms with van der Waals surface area (Å²) in [6.07, 6.45) is 4.40. The number of ether oxygens (including phenoxy) is 3. The van der Waals surface area contributed by atoms with Crippen molar-refractivity contribution in [3.63, 3.8) is 0 Å². The molecule has 1 aliphatic carbocycles. The molecule has 0 aromatic heterocycles. The molecule has 0 radical (unpaired) electrons. The van der Waals surface area contributed by atoms with E-state index in [-0.39, 0.29) is 31.1 Å². The smallest absolute Gasteiger partial charge is 0.336 e. The summed E-state index contributed by atoms with van der Waals surface area (Å²) in [4.78, 5) is 44.0. The molecule has 2 fully saturated rings. The first-order chi connectivity index (χ1) is 21.2. The fourth-order valence-corrected chi connectivity index (χ4v) is 7.95. The molecule has 1 saturated heterocycles. The quantitative estimate of drug-likeness (QED) is 0.237. The fourth-order valence-electron chi connectivity index (χ4n) is 7.95. The van der Waals surface area contributed by atoms with Crippen LogP contribution in [0.2, 0.25) is 0 Å². The van der Waals surface area contributed by atoms with Gasteiger partial charge in [0.15, 0.2) is 0 Å². The molecule has 7 heteroatoms. The first-order valence-electron chi connectivity index (χ1n) is 16.3. The SMILES string of the molecule is CCOC(=O)C1=C(c2ccccc2)N2[C@@H](CC1)[C@@H](C(=O)O[C@@H]1C[C@H](C)CC[C@H]1C(C)C)C[C@@]2(Cc1ccccc1)C(=O)OC. The van der Waals surface area contributed by atoms with Gasteiger partial charge >= 0.3 is 17.9 Å². The molecule has 2 aromatic rings. The highest BCUT2D eigenvalue weighted by Crippen LogP contribution is 2.52. The van der Waals surface area contributed by atoms with Crippen LogP contribution < -0.4 is 0 Å². The maximum absolute atomic E-state index is 14.3. The van der Waals surface area contributed by atoms with Crippen molar-refractivity contribution in [3.05, 3.63) is 77.4 Å². The summed E-state index contributed by atoms with van der Waals surface area (Å²) in [5.74, 6) is -0.437. The van der Waals surface area contributed by atoms with Gasteiger partial charge in [-0.3, -0.25) is 4.79 Å². The molecule has 1 saturated carbocycles. The summed E-state index contributed by atoms with van der Waals surface area (Å²) < 4.78 is 17.6. The van der Waals surface area contributed by atoms with E-state index >= 15 is 0 Å². The van der Waals surface area contributed by atoms with Crippen LogP contribution in [0, 0.1) is 23.7 Å². The number of hydrogen-bond acceptors (Lipinski definition) is 7. The van der Waals surface area contributed by atoms with Crippen molar-refractivity contribution in [3.8, 4) is 0 Å². The van der Waals surface area contributed by atoms with Crippen LogP contribution >= 0.6 is 0 Å². The van der Waals surface area contributed by atoms with Gasteiger partial charge in [0.1, 0.15) is 11.6 Å². The lowest BCUT2D eigenvalue weighted by atomic mass is 9.75. The van der Waals surface area contributed by atoms with Gasteiger partial charge < -0.3 is 19.1 Å². The van der Waals surface area contributed by atoms with Gasteiger partial charge in [0.25, 0.3) is 0 Å². The molecule has 0 bridgehead atoms. The molecular formula is C37H47NO6. The monoisotopic (exact) mass is 601 g/mol. The van der Waals surface area contributed by atoms with E-state index in [4.69, 9.17) is 14.2 Å². The number of rotatable bonds is 9. The van der Waals surface area contributed by atoms with Crippen LogP contribution in [0.25, 0.3) is 5.70 Å². The van der Waals surface area contributed by atoms with E-state index in [9.17, 15) is 14.4 Å². The standard InChI is InChI=1S/C37H47NO6/c1-6-43-34(39)29-19-20-31-30(35(40)44-32-21-25(4)17-18-28(32)24(2)3)23-37(36(41)42-5,22-26-13-9-7-10-14-26)38(31)33(29)27-15-11-8-12-16-27/h7-16,24-25,28,30-32H,6,17-23H2,1-5H3/t25-,28+,30+,31+,32-,37+/m1/s1. The predicted octanol–water partition coefficient (Wildman–Crippen LogP) is 6.60. The van der Waals surface area contributed by atoms with E-state index in [0.717, 1.165) is 30.4 Å². The molecule has 6 atom stereocenters. The number of hydrogen-bond donors (Lipinski definition) is 0. The number of methoxy groups -OCH3 is 1. The van der Waals surface area contributed by atoms with Crippen LogP contribution in [0.15, 0.2) is 66.2 Å². The molecule has 0 unspecified atom stereocenters. The molecule has 3 aliphatic rings. The molecule has 2 heterocycles. The van der Waals surface area contributed by atoms with Gasteiger partial charge in [0, 0.05) is 12.5 Å². The third kappa shape index (κ3) is 6.15. The Kier molecular flexibility index (Phi) is 9.81. The van der Waals surface area contributed by atoms with Crippen molar-refractivity contribution >= 4 is 23.6 Å². The first kappa shape index (κ1) is 31.8. The summed E-state index contributed by atoms with van der Waals surface area (Å²) >= 11 is 0. The molecule has 0 spiro atoms. The summed E-state index contributed by atoms with van der Waals surface area (Å²) in [5, 5.41) is 0. The van der Waals surface area contributed by atoms with Crippen LogP contribution in [0.4, 0.5) is 0 Å². The van der Waals surface area contributed by atoms with Gasteiger partial charge in [-0.25, -0.2) is 9.59 Å². The Morgan fingerprint density at radius 2 is 1.66 bits per heavy atom. The number of fused-ring (bicyclic) bond motifs is 1. The zero-order valence-electron chi connectivity index (χ0n) is 26.8. The molecule has 0 amide bonds. The fraction of sp³-hybridized carbons (Fsp3) is 0.541. The minimum Gasteiger partial charge on any atom is -0.467 e. The van der Waals surface area contributed by atoms with E-state index in [0.29, 0.717) is 48.3 Å². The lowest BCUT2D eigenvalue weighted by Crippen LogP contribution is -2.55. The second-order valence-electron chi connectivity index (χ2n) is 13.2. The predicted molar refractivity (Wildman–Crippen MR) is 169 cm³/mol. The number of carbonyl (C=O) groups is 3. The Balaban J connectivity index is 1.64. The van der Waals surface area contributed by atoms with Crippen LogP contribution in [0.1, 0.15) is 77.3 Å². The van der Waals surface area contributed by atoms with E-state index in [1.54, 1.807) is 6.92 Å². The Labute approximate surface area is 261 Å². The van der Waals surface area contributed by atoms with E-state index in [1.807, 2.05) is 65.6 Å². The van der Waals surface area contributed by atoms with Gasteiger partial charge in [-0.2, -0.15) is 0 Å². The average molecular weight is 602 g/mol. The molecule has 5 rings (SSSR count). The lowest BCUT2D eigenvalue weighted by molar-refractivity contribution is -0.161. The van der Waals surface area contributed by atoms with Gasteiger partial charge in [-0.05, 0) is 67.9 Å². The highest BCUT2D eigenvalue weighted by Gasteiger charge is 2.61. The van der Waals surface area contributed by atoms with Crippen LogP contribution in [-0.4, -0.2) is 54.2 Å². The molecule has 236 valence electrons. The zero-order chi connectivity index (χ0) is 31.4. The molecule has 0 N–H and O–H groups in total. The second-order valence-corrected chi connectivity index (χ2v) is 13.2. The second kappa shape index (κ2) is 13.6. The largest absolute Gasteiger partial charge is 0.467 e. The van der Waals surface area contributed by atoms with E-state index in [1.165, 1.54) is 7.11 Å². The normalized spacial score (nSPS) is 28.4. The van der Waals surface area contributed by atoms with Gasteiger partial charge in [-0.1, -0.05) is 87.9 Å². The number of carbonyl (C=O) groups excluding carboxylic acids is 3. The maximum Gasteiger partial charge on any atom is 0.336 e. The zero-order valence-corrected chi connectivity index (χ0v) is 26.8. The summed E-state index contributed by atoms with van der Waals surface area (Å²) in [6.45, 7) is 8.67. The Morgan fingerprint density at radius 3 is 2.30 bits per heavy atom. The minimum atomic E-state index is -1.23. The molecule has 44 heavy (non-hydrogen) atoms. The van der Waals surface area contributed by atoms with Crippen molar-refractivity contribution in [2.75, 3.05) is 13.7 Å². The van der Waals surface area contributed by atoms with Crippen molar-refractivity contribution in [1.82, 2.24) is 4.90 Å². The highest BCUT2D eigenvalue weighted by molar-refractivity contribution is 5.99. The van der Waals surface area contributed by atoms with Crippen molar-refractivity contribution in [2.45, 2.75) is 90.3 Å². The number of benzene rings is 2. The Bertz CT molecular complexity index is 1350. The number of nitrogens with zero attached hydrogens (tertiary/aromatic N) is 1. The lowest BCUT2D eigenvalue weighted by Gasteiger charge is -2.45. The summed E-state index contributed by atoms with van der Waals surface area (Å²) in [5.41, 5.74) is 1.68. The Morgan fingerprint density at radius 1 is 0.977 bits per heavy atom. The van der Waals surface area contributed by atoms with Gasteiger partial charge in [0.2, 0.25) is 0 Å². The third-order valence-corrected chi connectivity index (χ3v) is 10.0. The Hall–Kier alpha value is -3.61. The van der Waals surface area contributed by atoms with Gasteiger partial charge in [-0.15, -0.1) is 0 Å². The summed E-state index contributed by atoms with van der Waals surface area (Å²) in [7, 11) is 1.40. The van der Waals surface area contributed by atoms with Crippen molar-refractivity contribution in [2.24, 2.45) is 23.7 Å². The molecular weight excluding hydrogens is 554 g/mol. The van der Waals surface area contributed by atoms with Crippen LogP contribution in [0.3, 0.4) is 0 Å². The summed E-state index contributed by atoms with van der Waals surface area (Å²) in [6, 6.07) is 19.1. The van der Waals surface area contributed by atoms with Crippen molar-refractivity contribution in [1.29, 1.82) is 0 Å². The van der Waals surface area contributed by atoms with Crippen LogP contribution in [-0.2, 0) is 35.0 Å². The average Bonchev–Trinajstić information content (AvgIpc) is 3.36. The molecule has 2 aliphatic heterocycles. The highest BCUT2D eigenvalue weighted by atomic mass is 16.5. The minimum absolute atomic E-state index is 0.148. The van der Waals surface area contributed by atoms with E-state index < -0.39 is 23.4 Å². The van der Waals surface area contributed by atoms with Gasteiger partial charge in [0.05, 0.1) is 30.9 Å². The molecule has 2 aromatic carbocycles. The first-order valence-corrected chi connectivity index (χ1v) is 16.3.